The Morgan fingerprint density at radius 2 is 2.25 bits per heavy atom. The number of rotatable bonds is 2. The second kappa shape index (κ2) is 5.54. The largest absolute Gasteiger partial charge is 0.306 e. The molecule has 0 saturated carbocycles. The number of hydrogen-bond acceptors (Lipinski definition) is 2. The van der Waals surface area contributed by atoms with Crippen LogP contribution in [-0.2, 0) is 0 Å². The molecule has 106 valence electrons. The molecule has 0 amide bonds. The molecule has 0 spiro atoms. The number of imidazole rings is 1. The summed E-state index contributed by atoms with van der Waals surface area (Å²) in [5.74, 6) is -0.401. The highest BCUT2D eigenvalue weighted by atomic mass is 35.5. The van der Waals surface area contributed by atoms with E-state index in [9.17, 15) is 4.39 Å². The van der Waals surface area contributed by atoms with E-state index in [1.807, 2.05) is 10.8 Å². The lowest BCUT2D eigenvalue weighted by atomic mass is 9.97. The third kappa shape index (κ3) is 2.58. The monoisotopic (exact) mass is 293 g/mol. The van der Waals surface area contributed by atoms with Gasteiger partial charge < -0.3 is 9.88 Å². The van der Waals surface area contributed by atoms with Crippen molar-refractivity contribution in [1.82, 2.24) is 14.9 Å². The van der Waals surface area contributed by atoms with Crippen LogP contribution in [-0.4, -0.2) is 15.6 Å². The maximum Gasteiger partial charge on any atom is 0.141 e. The summed E-state index contributed by atoms with van der Waals surface area (Å²) in [6.07, 6.45) is 7.11. The van der Waals surface area contributed by atoms with Gasteiger partial charge in [0, 0.05) is 17.8 Å². The first-order valence-electron chi connectivity index (χ1n) is 6.89. The average molecular weight is 294 g/mol. The minimum absolute atomic E-state index is 0.132. The number of halogens is 2. The highest BCUT2D eigenvalue weighted by Gasteiger charge is 2.22. The number of aromatic nitrogens is 2. The molecule has 0 radical (unpaired) electrons. The Bertz CT molecular complexity index is 611. The summed E-state index contributed by atoms with van der Waals surface area (Å²) in [6, 6.07) is 5.53. The molecule has 0 aliphatic carbocycles. The van der Waals surface area contributed by atoms with Crippen LogP contribution in [0.5, 0.6) is 0 Å². The normalized spacial score (nSPS) is 22.9. The van der Waals surface area contributed by atoms with Crippen LogP contribution in [0.1, 0.15) is 37.9 Å². The molecule has 1 aromatic heterocycles. The van der Waals surface area contributed by atoms with Crippen LogP contribution in [0.2, 0.25) is 5.02 Å². The lowest BCUT2D eigenvalue weighted by molar-refractivity contribution is 0.334. The standard InChI is InChI=1S/C15H17ClFN3/c1-10-3-2-4-14(19-10)15-8-18-9-20(15)11-5-6-13(17)12(16)7-11/h5-10,14,19H,2-4H2,1H3. The summed E-state index contributed by atoms with van der Waals surface area (Å²) < 4.78 is 15.3. The van der Waals surface area contributed by atoms with Gasteiger partial charge in [-0.3, -0.25) is 0 Å². The van der Waals surface area contributed by atoms with Crippen molar-refractivity contribution in [1.29, 1.82) is 0 Å². The zero-order valence-electron chi connectivity index (χ0n) is 11.3. The van der Waals surface area contributed by atoms with Crippen molar-refractivity contribution >= 4 is 11.6 Å². The van der Waals surface area contributed by atoms with Crippen LogP contribution >= 0.6 is 11.6 Å². The van der Waals surface area contributed by atoms with Gasteiger partial charge in [-0.15, -0.1) is 0 Å². The van der Waals surface area contributed by atoms with E-state index in [1.165, 1.54) is 18.9 Å². The first-order valence-corrected chi connectivity index (χ1v) is 7.26. The Labute approximate surface area is 122 Å². The summed E-state index contributed by atoms with van der Waals surface area (Å²) in [5, 5.41) is 3.72. The van der Waals surface area contributed by atoms with Crippen molar-refractivity contribution in [2.45, 2.75) is 38.3 Å². The molecule has 1 aliphatic heterocycles. The summed E-state index contributed by atoms with van der Waals surface area (Å²) >= 11 is 5.87. The third-order valence-corrected chi connectivity index (χ3v) is 4.11. The van der Waals surface area contributed by atoms with Crippen molar-refractivity contribution in [3.05, 3.63) is 47.3 Å². The molecule has 3 nitrogen and oxygen atoms in total. The van der Waals surface area contributed by atoms with Gasteiger partial charge in [0.1, 0.15) is 5.82 Å². The van der Waals surface area contributed by atoms with Crippen molar-refractivity contribution < 1.29 is 4.39 Å². The van der Waals surface area contributed by atoms with Gasteiger partial charge in [0.25, 0.3) is 0 Å². The number of nitrogens with one attached hydrogen (secondary N) is 1. The van der Waals surface area contributed by atoms with Crippen LogP contribution in [0.3, 0.4) is 0 Å². The van der Waals surface area contributed by atoms with Crippen molar-refractivity contribution in [2.24, 2.45) is 0 Å². The lowest BCUT2D eigenvalue weighted by Crippen LogP contribution is -2.35. The van der Waals surface area contributed by atoms with Crippen molar-refractivity contribution in [3.8, 4) is 5.69 Å². The molecule has 2 heterocycles. The van der Waals surface area contributed by atoms with E-state index in [0.717, 1.165) is 17.8 Å². The summed E-state index contributed by atoms with van der Waals surface area (Å²) in [4.78, 5) is 4.24. The minimum atomic E-state index is -0.401. The van der Waals surface area contributed by atoms with E-state index < -0.39 is 5.82 Å². The second-order valence-corrected chi connectivity index (χ2v) is 5.75. The minimum Gasteiger partial charge on any atom is -0.306 e. The topological polar surface area (TPSA) is 29.9 Å². The molecule has 1 aromatic carbocycles. The Balaban J connectivity index is 1.95. The van der Waals surface area contributed by atoms with Gasteiger partial charge in [-0.05, 0) is 44.4 Å². The number of nitrogens with zero attached hydrogens (tertiary/aromatic N) is 2. The number of piperidine rings is 1. The molecule has 20 heavy (non-hydrogen) atoms. The van der Waals surface area contributed by atoms with Crippen LogP contribution in [0, 0.1) is 5.82 Å². The molecule has 1 saturated heterocycles. The van der Waals surface area contributed by atoms with E-state index in [-0.39, 0.29) is 11.1 Å². The molecule has 1 N–H and O–H groups in total. The number of hydrogen-bond donors (Lipinski definition) is 1. The van der Waals surface area contributed by atoms with Gasteiger partial charge in [-0.25, -0.2) is 9.37 Å². The molecule has 2 atom stereocenters. The van der Waals surface area contributed by atoms with Crippen LogP contribution in [0.15, 0.2) is 30.7 Å². The smallest absolute Gasteiger partial charge is 0.141 e. The zero-order chi connectivity index (χ0) is 14.1. The van der Waals surface area contributed by atoms with E-state index in [0.29, 0.717) is 6.04 Å². The van der Waals surface area contributed by atoms with Crippen LogP contribution in [0.4, 0.5) is 4.39 Å². The predicted octanol–water partition coefficient (Wildman–Crippen LogP) is 3.87. The van der Waals surface area contributed by atoms with E-state index in [1.54, 1.807) is 18.5 Å². The SMILES string of the molecule is CC1CCCC(c2cncn2-c2ccc(F)c(Cl)c2)N1. The first kappa shape index (κ1) is 13.6. The maximum absolute atomic E-state index is 13.3. The summed E-state index contributed by atoms with van der Waals surface area (Å²) in [5.41, 5.74) is 1.93. The first-order chi connectivity index (χ1) is 9.65. The molecular weight excluding hydrogens is 277 g/mol. The molecular formula is C15H17ClFN3. The Hall–Kier alpha value is -1.39. The highest BCUT2D eigenvalue weighted by Crippen LogP contribution is 2.28. The fourth-order valence-corrected chi connectivity index (χ4v) is 2.96. The fraction of sp³-hybridized carbons (Fsp3) is 0.400. The number of benzene rings is 1. The van der Waals surface area contributed by atoms with E-state index in [2.05, 4.69) is 17.2 Å². The van der Waals surface area contributed by atoms with Gasteiger partial charge in [0.2, 0.25) is 0 Å². The molecule has 1 aliphatic rings. The van der Waals surface area contributed by atoms with Gasteiger partial charge >= 0.3 is 0 Å². The second-order valence-electron chi connectivity index (χ2n) is 5.34. The van der Waals surface area contributed by atoms with Crippen molar-refractivity contribution in [3.63, 3.8) is 0 Å². The Morgan fingerprint density at radius 3 is 3.00 bits per heavy atom. The molecule has 5 heteroatoms. The van der Waals surface area contributed by atoms with Crippen molar-refractivity contribution in [2.75, 3.05) is 0 Å². The Kier molecular flexibility index (Phi) is 3.76. The van der Waals surface area contributed by atoms with E-state index in [4.69, 9.17) is 11.6 Å². The van der Waals surface area contributed by atoms with Gasteiger partial charge in [-0.1, -0.05) is 11.6 Å². The predicted molar refractivity (Wildman–Crippen MR) is 77.7 cm³/mol. The zero-order valence-corrected chi connectivity index (χ0v) is 12.1. The fourth-order valence-electron chi connectivity index (χ4n) is 2.79. The maximum atomic E-state index is 13.3. The van der Waals surface area contributed by atoms with Gasteiger partial charge in [0.15, 0.2) is 0 Å². The van der Waals surface area contributed by atoms with Crippen LogP contribution < -0.4 is 5.32 Å². The molecule has 3 rings (SSSR count). The summed E-state index contributed by atoms with van der Waals surface area (Å²) in [7, 11) is 0. The molecule has 0 bridgehead atoms. The molecule has 1 fully saturated rings. The molecule has 2 aromatic rings. The highest BCUT2D eigenvalue weighted by molar-refractivity contribution is 6.30. The van der Waals surface area contributed by atoms with Crippen LogP contribution in [0.25, 0.3) is 5.69 Å². The quantitative estimate of drug-likeness (QED) is 0.911. The van der Waals surface area contributed by atoms with Gasteiger partial charge in [0.05, 0.1) is 23.2 Å². The third-order valence-electron chi connectivity index (χ3n) is 3.82. The van der Waals surface area contributed by atoms with Gasteiger partial charge in [-0.2, -0.15) is 0 Å². The summed E-state index contributed by atoms with van der Waals surface area (Å²) in [6.45, 7) is 2.20. The van der Waals surface area contributed by atoms with E-state index >= 15 is 0 Å². The molecule has 2 unspecified atom stereocenters. The Morgan fingerprint density at radius 1 is 1.40 bits per heavy atom. The lowest BCUT2D eigenvalue weighted by Gasteiger charge is -2.29. The average Bonchev–Trinajstić information content (AvgIpc) is 2.91.